The van der Waals surface area contributed by atoms with E-state index in [4.69, 9.17) is 4.74 Å². The van der Waals surface area contributed by atoms with Gasteiger partial charge in [-0.15, -0.1) is 5.10 Å². The van der Waals surface area contributed by atoms with Crippen molar-refractivity contribution in [3.8, 4) is 11.4 Å². The number of tetrazole rings is 1. The molecule has 3 aromatic rings. The molecule has 0 N–H and O–H groups in total. The molecule has 0 aliphatic rings. The summed E-state index contributed by atoms with van der Waals surface area (Å²) in [6, 6.07) is 11.0. The molecule has 0 bridgehead atoms. The van der Waals surface area contributed by atoms with Crippen LogP contribution in [0.1, 0.15) is 16.2 Å². The number of halogens is 1. The van der Waals surface area contributed by atoms with Gasteiger partial charge in [-0.3, -0.25) is 0 Å². The molecule has 28 heavy (non-hydrogen) atoms. The fourth-order valence-electron chi connectivity index (χ4n) is 2.34. The first-order valence-electron chi connectivity index (χ1n) is 7.88. The van der Waals surface area contributed by atoms with Crippen LogP contribution in [0.4, 0.5) is 0 Å². The summed E-state index contributed by atoms with van der Waals surface area (Å²) < 4.78 is 35.6. The van der Waals surface area contributed by atoms with Crippen LogP contribution in [0.2, 0.25) is 0 Å². The van der Waals surface area contributed by atoms with Crippen LogP contribution in [0.5, 0.6) is 5.75 Å². The Bertz CT molecular complexity index is 1110. The van der Waals surface area contributed by atoms with E-state index in [9.17, 15) is 13.2 Å². The van der Waals surface area contributed by atoms with E-state index in [0.717, 1.165) is 6.26 Å². The monoisotopic (exact) mass is 466 g/mol. The van der Waals surface area contributed by atoms with Crippen molar-refractivity contribution in [1.82, 2.24) is 20.2 Å². The maximum absolute atomic E-state index is 11.6. The van der Waals surface area contributed by atoms with Crippen LogP contribution in [0.3, 0.4) is 0 Å². The maximum Gasteiger partial charge on any atom is 0.337 e. The molecule has 0 saturated carbocycles. The summed E-state index contributed by atoms with van der Waals surface area (Å²) in [5, 5.41) is 11.5. The normalized spacial score (nSPS) is 11.2. The molecular formula is C17H15BrN4O5S. The van der Waals surface area contributed by atoms with Crippen molar-refractivity contribution in [2.75, 3.05) is 13.4 Å². The lowest BCUT2D eigenvalue weighted by atomic mass is 10.2. The van der Waals surface area contributed by atoms with Crippen LogP contribution in [0.25, 0.3) is 5.69 Å². The molecule has 3 rings (SSSR count). The number of carbonyl (C=O) groups excluding carboxylic acids is 1. The summed E-state index contributed by atoms with van der Waals surface area (Å²) in [4.78, 5) is 11.8. The summed E-state index contributed by atoms with van der Waals surface area (Å²) in [6.07, 6.45) is 1.14. The Labute approximate surface area is 169 Å². The van der Waals surface area contributed by atoms with Crippen LogP contribution < -0.4 is 4.74 Å². The van der Waals surface area contributed by atoms with E-state index in [1.54, 1.807) is 30.3 Å². The number of benzene rings is 2. The van der Waals surface area contributed by atoms with Crippen molar-refractivity contribution >= 4 is 31.7 Å². The molecule has 1 heterocycles. The van der Waals surface area contributed by atoms with Crippen molar-refractivity contribution in [1.29, 1.82) is 0 Å². The first-order chi connectivity index (χ1) is 13.3. The zero-order chi connectivity index (χ0) is 20.3. The highest BCUT2D eigenvalue weighted by atomic mass is 79.9. The van der Waals surface area contributed by atoms with Gasteiger partial charge < -0.3 is 9.47 Å². The van der Waals surface area contributed by atoms with E-state index in [2.05, 4.69) is 36.2 Å². The van der Waals surface area contributed by atoms with E-state index in [-0.39, 0.29) is 11.5 Å². The number of nitrogens with zero attached hydrogens (tertiary/aromatic N) is 4. The Morgan fingerprint density at radius 1 is 1.18 bits per heavy atom. The van der Waals surface area contributed by atoms with Crippen molar-refractivity contribution in [2.24, 2.45) is 0 Å². The second-order valence-electron chi connectivity index (χ2n) is 5.70. The van der Waals surface area contributed by atoms with E-state index in [0.29, 0.717) is 27.3 Å². The number of carbonyl (C=O) groups is 1. The molecule has 2 aromatic carbocycles. The van der Waals surface area contributed by atoms with Gasteiger partial charge >= 0.3 is 5.97 Å². The summed E-state index contributed by atoms with van der Waals surface area (Å²) in [6.45, 7) is 0.0526. The zero-order valence-electron chi connectivity index (χ0n) is 14.9. The Kier molecular flexibility index (Phi) is 5.75. The summed E-state index contributed by atoms with van der Waals surface area (Å²) in [5.74, 6) is 0.458. The van der Waals surface area contributed by atoms with Crippen LogP contribution in [-0.2, 0) is 21.2 Å². The number of hydrogen-bond acceptors (Lipinski definition) is 8. The summed E-state index contributed by atoms with van der Waals surface area (Å²) in [7, 11) is -1.98. The number of ether oxygens (including phenoxy) is 2. The molecule has 0 atom stereocenters. The minimum atomic E-state index is -3.28. The fourth-order valence-corrected chi connectivity index (χ4v) is 3.46. The van der Waals surface area contributed by atoms with Gasteiger partial charge in [0.2, 0.25) is 0 Å². The predicted molar refractivity (Wildman–Crippen MR) is 102 cm³/mol. The average molecular weight is 467 g/mol. The molecule has 0 fully saturated rings. The van der Waals surface area contributed by atoms with Crippen LogP contribution in [0, 0.1) is 0 Å². The fraction of sp³-hybridized carbons (Fsp3) is 0.176. The highest BCUT2D eigenvalue weighted by molar-refractivity contribution is 9.10. The number of aromatic nitrogens is 4. The lowest BCUT2D eigenvalue weighted by Gasteiger charge is -2.10. The number of sulfone groups is 1. The molecule has 9 nitrogen and oxygen atoms in total. The first-order valence-corrected chi connectivity index (χ1v) is 10.6. The largest absolute Gasteiger partial charge is 0.484 e. The third kappa shape index (κ3) is 4.37. The summed E-state index contributed by atoms with van der Waals surface area (Å²) in [5.41, 5.74) is 0.980. The predicted octanol–water partition coefficient (Wildman–Crippen LogP) is 2.19. The average Bonchev–Trinajstić information content (AvgIpc) is 3.14. The number of esters is 1. The van der Waals surface area contributed by atoms with E-state index >= 15 is 0 Å². The molecule has 1 aromatic heterocycles. The molecule has 11 heteroatoms. The molecule has 0 aliphatic carbocycles. The Morgan fingerprint density at radius 3 is 2.50 bits per heavy atom. The second kappa shape index (κ2) is 8.07. The third-order valence-electron chi connectivity index (χ3n) is 3.75. The van der Waals surface area contributed by atoms with Crippen LogP contribution in [-0.4, -0.2) is 48.0 Å². The van der Waals surface area contributed by atoms with Gasteiger partial charge in [0.1, 0.15) is 12.4 Å². The number of hydrogen-bond donors (Lipinski definition) is 0. The number of rotatable bonds is 6. The topological polar surface area (TPSA) is 113 Å². The maximum atomic E-state index is 11.6. The van der Waals surface area contributed by atoms with Crippen molar-refractivity contribution in [2.45, 2.75) is 11.5 Å². The van der Waals surface area contributed by atoms with E-state index in [1.807, 2.05) is 0 Å². The smallest absolute Gasteiger partial charge is 0.337 e. The minimum Gasteiger partial charge on any atom is -0.484 e. The Hall–Kier alpha value is -2.79. The zero-order valence-corrected chi connectivity index (χ0v) is 17.3. The molecule has 146 valence electrons. The van der Waals surface area contributed by atoms with Crippen LogP contribution >= 0.6 is 15.9 Å². The molecule has 0 amide bonds. The van der Waals surface area contributed by atoms with Gasteiger partial charge in [-0.25, -0.2) is 13.2 Å². The molecule has 0 radical (unpaired) electrons. The molecule has 0 unspecified atom stereocenters. The molecular weight excluding hydrogens is 452 g/mol. The Morgan fingerprint density at radius 2 is 1.89 bits per heavy atom. The molecule has 0 aliphatic heterocycles. The quantitative estimate of drug-likeness (QED) is 0.507. The van der Waals surface area contributed by atoms with E-state index in [1.165, 1.54) is 23.9 Å². The lowest BCUT2D eigenvalue weighted by Crippen LogP contribution is -2.08. The van der Waals surface area contributed by atoms with Crippen molar-refractivity contribution < 1.29 is 22.7 Å². The lowest BCUT2D eigenvalue weighted by molar-refractivity contribution is 0.0600. The Balaban J connectivity index is 1.77. The standard InChI is InChI=1S/C17H15BrN4O5S/c1-26-17(23)11-3-8-15(14(18)9-11)27-10-16-19-20-21-22(16)12-4-6-13(7-5-12)28(2,24)25/h3-9H,10H2,1-2H3. The summed E-state index contributed by atoms with van der Waals surface area (Å²) >= 11 is 3.35. The van der Waals surface area contributed by atoms with Crippen molar-refractivity contribution in [3.63, 3.8) is 0 Å². The molecule has 0 saturated heterocycles. The first kappa shape index (κ1) is 20.0. The van der Waals surface area contributed by atoms with Gasteiger partial charge in [0.25, 0.3) is 0 Å². The van der Waals surface area contributed by atoms with Gasteiger partial charge in [0.05, 0.1) is 27.7 Å². The SMILES string of the molecule is COC(=O)c1ccc(OCc2nnnn2-c2ccc(S(C)(=O)=O)cc2)c(Br)c1. The van der Waals surface area contributed by atoms with Gasteiger partial charge in [-0.2, -0.15) is 4.68 Å². The highest BCUT2D eigenvalue weighted by Gasteiger charge is 2.13. The van der Waals surface area contributed by atoms with Gasteiger partial charge in [-0.05, 0) is 68.8 Å². The van der Waals surface area contributed by atoms with Gasteiger partial charge in [0.15, 0.2) is 15.7 Å². The van der Waals surface area contributed by atoms with Gasteiger partial charge in [-0.1, -0.05) is 0 Å². The number of methoxy groups -OCH3 is 1. The van der Waals surface area contributed by atoms with Crippen LogP contribution in [0.15, 0.2) is 51.8 Å². The molecule has 0 spiro atoms. The minimum absolute atomic E-state index is 0.0526. The second-order valence-corrected chi connectivity index (χ2v) is 8.57. The van der Waals surface area contributed by atoms with E-state index < -0.39 is 15.8 Å². The third-order valence-corrected chi connectivity index (χ3v) is 5.50. The van der Waals surface area contributed by atoms with Crippen molar-refractivity contribution in [3.05, 3.63) is 58.3 Å². The van der Waals surface area contributed by atoms with Gasteiger partial charge in [0, 0.05) is 6.26 Å². The highest BCUT2D eigenvalue weighted by Crippen LogP contribution is 2.27.